The van der Waals surface area contributed by atoms with Gasteiger partial charge in [-0.15, -0.1) is 11.6 Å². The van der Waals surface area contributed by atoms with E-state index in [1.807, 2.05) is 35.1 Å². The van der Waals surface area contributed by atoms with Crippen molar-refractivity contribution in [2.45, 2.75) is 32.4 Å². The topological polar surface area (TPSA) is 36.3 Å². The molecule has 1 heterocycles. The van der Waals surface area contributed by atoms with Gasteiger partial charge in [0.15, 0.2) is 11.5 Å². The van der Waals surface area contributed by atoms with Crippen LogP contribution in [0.25, 0.3) is 0 Å². The predicted molar refractivity (Wildman–Crippen MR) is 79.5 cm³/mol. The van der Waals surface area contributed by atoms with Crippen LogP contribution >= 0.6 is 11.6 Å². The molecule has 0 aliphatic heterocycles. The number of rotatable bonds is 6. The molecule has 0 atom stereocenters. The Hall–Kier alpha value is -1.68. The Kier molecular flexibility index (Phi) is 4.90. The molecule has 1 aromatic heterocycles. The Morgan fingerprint density at radius 3 is 2.65 bits per heavy atom. The molecule has 20 heavy (non-hydrogen) atoms. The summed E-state index contributed by atoms with van der Waals surface area (Å²) < 4.78 is 13.0. The molecule has 5 heteroatoms. The molecule has 2 aromatic rings. The van der Waals surface area contributed by atoms with Gasteiger partial charge in [0.2, 0.25) is 0 Å². The van der Waals surface area contributed by atoms with Crippen LogP contribution in [0.3, 0.4) is 0 Å². The van der Waals surface area contributed by atoms with Crippen molar-refractivity contribution in [3.8, 4) is 11.5 Å². The Balaban J connectivity index is 2.09. The van der Waals surface area contributed by atoms with Gasteiger partial charge in [-0.1, -0.05) is 6.07 Å². The molecule has 4 nitrogen and oxygen atoms in total. The fourth-order valence-corrected chi connectivity index (χ4v) is 1.98. The molecule has 0 bridgehead atoms. The lowest BCUT2D eigenvalue weighted by molar-refractivity contribution is 0.278. The smallest absolute Gasteiger partial charge is 0.162 e. The zero-order valence-corrected chi connectivity index (χ0v) is 12.7. The molecular weight excluding hydrogens is 276 g/mol. The minimum atomic E-state index is 0.345. The van der Waals surface area contributed by atoms with Crippen LogP contribution in [0.5, 0.6) is 11.5 Å². The van der Waals surface area contributed by atoms with Crippen molar-refractivity contribution in [2.75, 3.05) is 7.11 Å². The first-order valence-electron chi connectivity index (χ1n) is 6.53. The average molecular weight is 295 g/mol. The third-order valence-corrected chi connectivity index (χ3v) is 3.26. The van der Waals surface area contributed by atoms with E-state index in [0.29, 0.717) is 30.0 Å². The van der Waals surface area contributed by atoms with Gasteiger partial charge in [0.25, 0.3) is 0 Å². The number of benzene rings is 1. The van der Waals surface area contributed by atoms with Crippen LogP contribution in [0.15, 0.2) is 30.5 Å². The highest BCUT2D eigenvalue weighted by molar-refractivity contribution is 6.17. The molecule has 108 valence electrons. The summed E-state index contributed by atoms with van der Waals surface area (Å²) >= 11 is 5.84. The predicted octanol–water partition coefficient (Wildman–Crippen LogP) is 3.79. The molecule has 0 saturated heterocycles. The monoisotopic (exact) mass is 294 g/mol. The Morgan fingerprint density at radius 1 is 1.25 bits per heavy atom. The Labute approximate surface area is 124 Å². The summed E-state index contributed by atoms with van der Waals surface area (Å²) in [6.07, 6.45) is 1.95. The molecule has 0 amide bonds. The SMILES string of the molecule is COc1ccc(CCl)cc1OCc1ccn(C(C)C)n1. The third-order valence-electron chi connectivity index (χ3n) is 2.95. The highest BCUT2D eigenvalue weighted by Gasteiger charge is 2.08. The van der Waals surface area contributed by atoms with Crippen LogP contribution in [0.4, 0.5) is 0 Å². The van der Waals surface area contributed by atoms with Gasteiger partial charge in [-0.3, -0.25) is 4.68 Å². The highest BCUT2D eigenvalue weighted by atomic mass is 35.5. The fourth-order valence-electron chi connectivity index (χ4n) is 1.81. The third kappa shape index (κ3) is 3.45. The van der Waals surface area contributed by atoms with Gasteiger partial charge >= 0.3 is 0 Å². The summed E-state index contributed by atoms with van der Waals surface area (Å²) in [6, 6.07) is 7.98. The number of hydrogen-bond donors (Lipinski definition) is 0. The molecule has 0 spiro atoms. The Morgan fingerprint density at radius 2 is 2.05 bits per heavy atom. The van der Waals surface area contributed by atoms with Crippen LogP contribution in [-0.2, 0) is 12.5 Å². The van der Waals surface area contributed by atoms with E-state index in [-0.39, 0.29) is 0 Å². The maximum Gasteiger partial charge on any atom is 0.162 e. The first kappa shape index (κ1) is 14.7. The van der Waals surface area contributed by atoms with Crippen molar-refractivity contribution in [3.05, 3.63) is 41.7 Å². The second-order valence-corrected chi connectivity index (χ2v) is 5.06. The first-order valence-corrected chi connectivity index (χ1v) is 7.07. The maximum absolute atomic E-state index is 5.84. The highest BCUT2D eigenvalue weighted by Crippen LogP contribution is 2.29. The standard InChI is InChI=1S/C15H19ClN2O2/c1-11(2)18-7-6-13(17-18)10-20-15-8-12(9-16)4-5-14(15)19-3/h4-8,11H,9-10H2,1-3H3. The molecule has 0 N–H and O–H groups in total. The van der Waals surface area contributed by atoms with Crippen molar-refractivity contribution >= 4 is 11.6 Å². The van der Waals surface area contributed by atoms with Crippen molar-refractivity contribution in [3.63, 3.8) is 0 Å². The molecule has 0 radical (unpaired) electrons. The van der Waals surface area contributed by atoms with Gasteiger partial charge in [0, 0.05) is 18.1 Å². The minimum absolute atomic E-state index is 0.345. The van der Waals surface area contributed by atoms with E-state index in [2.05, 4.69) is 18.9 Å². The largest absolute Gasteiger partial charge is 0.493 e. The second-order valence-electron chi connectivity index (χ2n) is 4.79. The summed E-state index contributed by atoms with van der Waals surface area (Å²) in [6.45, 7) is 4.58. The van der Waals surface area contributed by atoms with E-state index < -0.39 is 0 Å². The van der Waals surface area contributed by atoms with Gasteiger partial charge in [0.05, 0.1) is 12.8 Å². The molecule has 0 unspecified atom stereocenters. The van der Waals surface area contributed by atoms with Crippen LogP contribution in [0, 0.1) is 0 Å². The van der Waals surface area contributed by atoms with Gasteiger partial charge in [-0.05, 0) is 37.6 Å². The number of methoxy groups -OCH3 is 1. The van der Waals surface area contributed by atoms with E-state index in [1.54, 1.807) is 7.11 Å². The van der Waals surface area contributed by atoms with Crippen molar-refractivity contribution in [1.82, 2.24) is 9.78 Å². The van der Waals surface area contributed by atoms with Crippen molar-refractivity contribution in [2.24, 2.45) is 0 Å². The van der Waals surface area contributed by atoms with Crippen LogP contribution in [-0.4, -0.2) is 16.9 Å². The molecular formula is C15H19ClN2O2. The molecule has 1 aromatic carbocycles. The van der Waals surface area contributed by atoms with Gasteiger partial charge < -0.3 is 9.47 Å². The summed E-state index contributed by atoms with van der Waals surface area (Å²) in [5.41, 5.74) is 1.88. The van der Waals surface area contributed by atoms with Gasteiger partial charge in [-0.25, -0.2) is 0 Å². The lowest BCUT2D eigenvalue weighted by Gasteiger charge is -2.11. The zero-order valence-electron chi connectivity index (χ0n) is 12.0. The van der Waals surface area contributed by atoms with Gasteiger partial charge in [-0.2, -0.15) is 5.10 Å². The maximum atomic E-state index is 5.84. The summed E-state index contributed by atoms with van der Waals surface area (Å²) in [5, 5.41) is 4.45. The van der Waals surface area contributed by atoms with E-state index in [0.717, 1.165) is 11.3 Å². The number of ether oxygens (including phenoxy) is 2. The van der Waals surface area contributed by atoms with Crippen LogP contribution in [0.1, 0.15) is 31.1 Å². The second kappa shape index (κ2) is 6.66. The lowest BCUT2D eigenvalue weighted by Crippen LogP contribution is -2.04. The number of alkyl halides is 1. The fraction of sp³-hybridized carbons (Fsp3) is 0.400. The van der Waals surface area contributed by atoms with E-state index >= 15 is 0 Å². The van der Waals surface area contributed by atoms with E-state index in [9.17, 15) is 0 Å². The molecule has 0 aliphatic carbocycles. The minimum Gasteiger partial charge on any atom is -0.493 e. The summed E-state index contributed by atoms with van der Waals surface area (Å²) in [4.78, 5) is 0. The first-order chi connectivity index (χ1) is 9.63. The molecule has 2 rings (SSSR count). The number of aromatic nitrogens is 2. The molecule has 0 fully saturated rings. The quantitative estimate of drug-likeness (QED) is 0.761. The normalized spacial score (nSPS) is 10.8. The summed E-state index contributed by atoms with van der Waals surface area (Å²) in [7, 11) is 1.62. The lowest BCUT2D eigenvalue weighted by atomic mass is 10.2. The zero-order chi connectivity index (χ0) is 14.5. The van der Waals surface area contributed by atoms with Gasteiger partial charge in [0.1, 0.15) is 6.61 Å². The van der Waals surface area contributed by atoms with E-state index in [1.165, 1.54) is 0 Å². The van der Waals surface area contributed by atoms with Crippen LogP contribution in [0.2, 0.25) is 0 Å². The number of nitrogens with zero attached hydrogens (tertiary/aromatic N) is 2. The average Bonchev–Trinajstić information content (AvgIpc) is 2.93. The number of hydrogen-bond acceptors (Lipinski definition) is 3. The van der Waals surface area contributed by atoms with Crippen molar-refractivity contribution < 1.29 is 9.47 Å². The number of halogens is 1. The molecule has 0 aliphatic rings. The molecule has 0 saturated carbocycles. The van der Waals surface area contributed by atoms with E-state index in [4.69, 9.17) is 21.1 Å². The summed E-state index contributed by atoms with van der Waals surface area (Å²) in [5.74, 6) is 1.83. The van der Waals surface area contributed by atoms with Crippen molar-refractivity contribution in [1.29, 1.82) is 0 Å². The Bertz CT molecular complexity index is 567. The van der Waals surface area contributed by atoms with Crippen LogP contribution < -0.4 is 9.47 Å².